The summed E-state index contributed by atoms with van der Waals surface area (Å²) in [6.45, 7) is 4.95. The summed E-state index contributed by atoms with van der Waals surface area (Å²) in [6.07, 6.45) is 0.444. The number of nitrogens with zero attached hydrogens (tertiary/aromatic N) is 5. The molecule has 9 nitrogen and oxygen atoms in total. The van der Waals surface area contributed by atoms with Crippen molar-refractivity contribution in [2.24, 2.45) is 0 Å². The minimum absolute atomic E-state index is 0.0684. The van der Waals surface area contributed by atoms with Gasteiger partial charge in [0.1, 0.15) is 5.82 Å². The first-order chi connectivity index (χ1) is 16.5. The lowest BCUT2D eigenvalue weighted by molar-refractivity contribution is 0.00785. The van der Waals surface area contributed by atoms with Crippen molar-refractivity contribution >= 4 is 11.7 Å². The lowest BCUT2D eigenvalue weighted by Gasteiger charge is -2.33. The molecule has 1 amide bonds. The number of pyridine rings is 1. The van der Waals surface area contributed by atoms with Gasteiger partial charge in [0.2, 0.25) is 0 Å². The van der Waals surface area contributed by atoms with Crippen LogP contribution in [0.5, 0.6) is 0 Å². The van der Waals surface area contributed by atoms with Crippen molar-refractivity contribution in [3.05, 3.63) is 59.2 Å². The molecular formula is C24H25FN6O3. The zero-order valence-corrected chi connectivity index (χ0v) is 18.9. The third-order valence-corrected chi connectivity index (χ3v) is 5.80. The Morgan fingerprint density at radius 3 is 2.74 bits per heavy atom. The van der Waals surface area contributed by atoms with E-state index in [1.54, 1.807) is 18.3 Å². The maximum atomic E-state index is 14.7. The summed E-state index contributed by atoms with van der Waals surface area (Å²) < 4.78 is 16.2. The predicted molar refractivity (Wildman–Crippen MR) is 123 cm³/mol. The summed E-state index contributed by atoms with van der Waals surface area (Å²) in [5.41, 5.74) is 1.65. The molecular weight excluding hydrogens is 439 g/mol. The van der Waals surface area contributed by atoms with E-state index < -0.39 is 18.0 Å². The predicted octanol–water partition coefficient (Wildman–Crippen LogP) is 2.15. The number of aromatic nitrogens is 3. The van der Waals surface area contributed by atoms with Gasteiger partial charge in [-0.3, -0.25) is 4.79 Å². The first-order valence-corrected chi connectivity index (χ1v) is 11.1. The molecule has 1 saturated heterocycles. The van der Waals surface area contributed by atoms with E-state index in [4.69, 9.17) is 0 Å². The highest BCUT2D eigenvalue weighted by atomic mass is 19.1. The van der Waals surface area contributed by atoms with Crippen LogP contribution in [-0.2, 0) is 6.54 Å². The number of halogens is 1. The number of anilines is 1. The highest BCUT2D eigenvalue weighted by Crippen LogP contribution is 2.31. The van der Waals surface area contributed by atoms with E-state index >= 15 is 0 Å². The van der Waals surface area contributed by atoms with E-state index in [1.807, 2.05) is 24.8 Å². The summed E-state index contributed by atoms with van der Waals surface area (Å²) in [6, 6.07) is 9.51. The molecule has 4 heterocycles. The van der Waals surface area contributed by atoms with E-state index in [1.165, 1.54) is 22.9 Å². The fraction of sp³-hybridized carbons (Fsp3) is 0.333. The molecule has 1 aromatic carbocycles. The van der Waals surface area contributed by atoms with Crippen LogP contribution in [0.3, 0.4) is 0 Å². The van der Waals surface area contributed by atoms with Crippen molar-refractivity contribution < 1.29 is 19.4 Å². The van der Waals surface area contributed by atoms with Gasteiger partial charge in [-0.2, -0.15) is 10.4 Å². The molecule has 3 aromatic rings. The Bertz CT molecular complexity index is 1270. The van der Waals surface area contributed by atoms with Crippen LogP contribution in [0.4, 0.5) is 10.2 Å². The SMILES string of the molecule is CC.N#Cc1cccc(F)c1-c1cc(-n2ccc(N3CCC(O)C(O)C3)n2)c2c(n1)CNC2=O. The monoisotopic (exact) mass is 464 g/mol. The van der Waals surface area contributed by atoms with Gasteiger partial charge in [-0.25, -0.2) is 14.1 Å². The normalized spacial score (nSPS) is 19.1. The number of benzene rings is 1. The summed E-state index contributed by atoms with van der Waals surface area (Å²) in [7, 11) is 0. The Morgan fingerprint density at radius 2 is 2.00 bits per heavy atom. The minimum atomic E-state index is -0.873. The largest absolute Gasteiger partial charge is 0.390 e. The molecule has 1 fully saturated rings. The third kappa shape index (κ3) is 4.11. The summed E-state index contributed by atoms with van der Waals surface area (Å²) in [5.74, 6) is -0.316. The number of amides is 1. The number of β-amino-alcohol motifs (C(OH)–C–C–N with tert-alkyl or cyclic N) is 1. The van der Waals surface area contributed by atoms with Crippen molar-refractivity contribution in [2.45, 2.75) is 39.0 Å². The Labute approximate surface area is 196 Å². The Morgan fingerprint density at radius 1 is 1.21 bits per heavy atom. The fourth-order valence-electron chi connectivity index (χ4n) is 4.14. The maximum Gasteiger partial charge on any atom is 0.255 e. The number of nitriles is 1. The van der Waals surface area contributed by atoms with Crippen LogP contribution in [0.25, 0.3) is 16.9 Å². The highest BCUT2D eigenvalue weighted by Gasteiger charge is 2.30. The van der Waals surface area contributed by atoms with Crippen LogP contribution in [0.2, 0.25) is 0 Å². The van der Waals surface area contributed by atoms with E-state index in [2.05, 4.69) is 15.4 Å². The molecule has 2 aliphatic rings. The van der Waals surface area contributed by atoms with Crippen LogP contribution in [-0.4, -0.2) is 56.2 Å². The zero-order valence-electron chi connectivity index (χ0n) is 18.9. The number of aliphatic hydroxyl groups is 2. The molecule has 0 aliphatic carbocycles. The highest BCUT2D eigenvalue weighted by molar-refractivity contribution is 6.01. The van der Waals surface area contributed by atoms with Gasteiger partial charge < -0.3 is 20.4 Å². The second-order valence-corrected chi connectivity index (χ2v) is 7.79. The molecule has 3 N–H and O–H groups in total. The number of carbonyl (C=O) groups excluding carboxylic acids is 1. The van der Waals surface area contributed by atoms with Gasteiger partial charge in [-0.1, -0.05) is 19.9 Å². The van der Waals surface area contributed by atoms with E-state index in [9.17, 15) is 24.7 Å². The number of hydrogen-bond acceptors (Lipinski definition) is 7. The summed E-state index contributed by atoms with van der Waals surface area (Å²) in [4.78, 5) is 18.8. The molecule has 34 heavy (non-hydrogen) atoms. The van der Waals surface area contributed by atoms with Crippen molar-refractivity contribution in [2.75, 3.05) is 18.0 Å². The van der Waals surface area contributed by atoms with Gasteiger partial charge in [0.15, 0.2) is 5.82 Å². The first-order valence-electron chi connectivity index (χ1n) is 11.1. The Balaban J connectivity index is 0.00000133. The maximum absolute atomic E-state index is 14.7. The molecule has 176 valence electrons. The van der Waals surface area contributed by atoms with Crippen molar-refractivity contribution in [1.29, 1.82) is 5.26 Å². The van der Waals surface area contributed by atoms with Crippen molar-refractivity contribution in [3.63, 3.8) is 0 Å². The van der Waals surface area contributed by atoms with Gasteiger partial charge in [0.25, 0.3) is 5.91 Å². The van der Waals surface area contributed by atoms with Crippen molar-refractivity contribution in [3.8, 4) is 23.0 Å². The molecule has 2 aliphatic heterocycles. The molecule has 5 rings (SSSR count). The summed E-state index contributed by atoms with van der Waals surface area (Å²) in [5, 5.41) is 36.5. The second-order valence-electron chi connectivity index (χ2n) is 7.79. The number of aliphatic hydroxyl groups excluding tert-OH is 2. The molecule has 2 atom stereocenters. The lowest BCUT2D eigenvalue weighted by Crippen LogP contribution is -2.46. The molecule has 0 bridgehead atoms. The quantitative estimate of drug-likeness (QED) is 0.542. The summed E-state index contributed by atoms with van der Waals surface area (Å²) >= 11 is 0. The average Bonchev–Trinajstić information content (AvgIpc) is 3.49. The third-order valence-electron chi connectivity index (χ3n) is 5.80. The molecule has 0 radical (unpaired) electrons. The number of carbonyl (C=O) groups is 1. The average molecular weight is 465 g/mol. The molecule has 2 aromatic heterocycles. The van der Waals surface area contributed by atoms with E-state index in [0.717, 1.165) is 0 Å². The number of fused-ring (bicyclic) bond motifs is 1. The number of nitrogens with one attached hydrogen (secondary N) is 1. The van der Waals surface area contributed by atoms with Gasteiger partial charge in [0.05, 0.1) is 58.6 Å². The fourth-order valence-corrected chi connectivity index (χ4v) is 4.14. The standard InChI is InChI=1S/C22H19FN6O3.C2H6/c23-13-3-1-2-12(9-24)20(13)14-8-16(21-15(26-14)10-25-22(21)32)29-7-5-19(27-29)28-6-4-17(30)18(31)11-28;1-2/h1-3,5,7-8,17-18,30-31H,4,6,10-11H2,(H,25,32);1-2H3. The molecule has 0 spiro atoms. The van der Waals surface area contributed by atoms with E-state index in [0.29, 0.717) is 35.7 Å². The van der Waals surface area contributed by atoms with Gasteiger partial charge in [-0.05, 0) is 24.6 Å². The number of rotatable bonds is 3. The van der Waals surface area contributed by atoms with E-state index in [-0.39, 0.29) is 35.8 Å². The Kier molecular flexibility index (Phi) is 6.58. The van der Waals surface area contributed by atoms with Crippen LogP contribution in [0.15, 0.2) is 36.5 Å². The first kappa shape index (κ1) is 23.4. The topological polar surface area (TPSA) is 127 Å². The minimum Gasteiger partial charge on any atom is -0.390 e. The van der Waals surface area contributed by atoms with Gasteiger partial charge in [0, 0.05) is 25.4 Å². The second kappa shape index (κ2) is 9.59. The van der Waals surface area contributed by atoms with Gasteiger partial charge >= 0.3 is 0 Å². The lowest BCUT2D eigenvalue weighted by atomic mass is 10.0. The van der Waals surface area contributed by atoms with Crippen molar-refractivity contribution in [1.82, 2.24) is 20.1 Å². The van der Waals surface area contributed by atoms with Crippen LogP contribution in [0.1, 0.15) is 41.9 Å². The van der Waals surface area contributed by atoms with Crippen LogP contribution < -0.4 is 10.2 Å². The van der Waals surface area contributed by atoms with Gasteiger partial charge in [-0.15, -0.1) is 0 Å². The zero-order chi connectivity index (χ0) is 24.4. The number of piperidine rings is 1. The number of hydrogen-bond donors (Lipinski definition) is 3. The Hall–Kier alpha value is -3.81. The molecule has 0 saturated carbocycles. The molecule has 2 unspecified atom stereocenters. The van der Waals surface area contributed by atoms with Crippen LogP contribution >= 0.6 is 0 Å². The van der Waals surface area contributed by atoms with Crippen LogP contribution in [0, 0.1) is 17.1 Å². The molecule has 10 heteroatoms. The smallest absolute Gasteiger partial charge is 0.255 e.